The van der Waals surface area contributed by atoms with Crippen LogP contribution in [-0.4, -0.2) is 66.7 Å². The normalized spacial score (nSPS) is 17.9. The highest BCUT2D eigenvalue weighted by molar-refractivity contribution is 5.94. The van der Waals surface area contributed by atoms with E-state index in [1.54, 1.807) is 0 Å². The molecule has 1 fully saturated rings. The molecule has 5 nitrogen and oxygen atoms in total. The summed E-state index contributed by atoms with van der Waals surface area (Å²) in [4.78, 5) is 16.8. The van der Waals surface area contributed by atoms with Crippen LogP contribution in [0.3, 0.4) is 0 Å². The Morgan fingerprint density at radius 1 is 1.22 bits per heavy atom. The number of nitrogens with zero attached hydrogens (tertiary/aromatic N) is 2. The van der Waals surface area contributed by atoms with Gasteiger partial charge in [-0.2, -0.15) is 0 Å². The van der Waals surface area contributed by atoms with E-state index < -0.39 is 6.10 Å². The minimum Gasteiger partial charge on any atom is -0.391 e. The molecule has 1 amide bonds. The summed E-state index contributed by atoms with van der Waals surface area (Å²) in [6.45, 7) is 7.67. The van der Waals surface area contributed by atoms with Crippen molar-refractivity contribution in [3.05, 3.63) is 35.4 Å². The topological polar surface area (TPSA) is 55.8 Å². The number of rotatable bonds is 7. The largest absolute Gasteiger partial charge is 0.391 e. The van der Waals surface area contributed by atoms with Gasteiger partial charge in [0.25, 0.3) is 5.91 Å². The third-order valence-electron chi connectivity index (χ3n) is 4.34. The number of likely N-dealkylation sites (N-methyl/N-ethyl adjacent to an activating group) is 1. The standard InChI is InChI=1S/C18H29N3O2/c1-3-4-17(22)13-19-18(23)16-7-5-15(6-8-16)14-21-11-9-20(2)10-12-21/h5-8,17,22H,3-4,9-14H2,1-2H3,(H,19,23). The van der Waals surface area contributed by atoms with Gasteiger partial charge in [0.1, 0.15) is 0 Å². The second kappa shape index (κ2) is 9.01. The number of aliphatic hydroxyl groups is 1. The predicted molar refractivity (Wildman–Crippen MR) is 92.5 cm³/mol. The molecular weight excluding hydrogens is 290 g/mol. The number of nitrogens with one attached hydrogen (secondary N) is 1. The molecule has 0 aliphatic carbocycles. The van der Waals surface area contributed by atoms with Gasteiger partial charge in [-0.1, -0.05) is 25.5 Å². The smallest absolute Gasteiger partial charge is 0.251 e. The number of aliphatic hydroxyl groups excluding tert-OH is 1. The summed E-state index contributed by atoms with van der Waals surface area (Å²) in [6.07, 6.45) is 1.17. The zero-order valence-electron chi connectivity index (χ0n) is 14.3. The van der Waals surface area contributed by atoms with Gasteiger partial charge >= 0.3 is 0 Å². The Kier molecular flexibility index (Phi) is 7.02. The average molecular weight is 319 g/mol. The van der Waals surface area contributed by atoms with Gasteiger partial charge in [-0.3, -0.25) is 9.69 Å². The average Bonchev–Trinajstić information content (AvgIpc) is 2.56. The summed E-state index contributed by atoms with van der Waals surface area (Å²) in [6, 6.07) is 7.78. The summed E-state index contributed by atoms with van der Waals surface area (Å²) in [5.41, 5.74) is 1.88. The van der Waals surface area contributed by atoms with Crippen molar-refractivity contribution in [2.24, 2.45) is 0 Å². The molecule has 0 aromatic heterocycles. The first-order valence-corrected chi connectivity index (χ1v) is 8.54. The summed E-state index contributed by atoms with van der Waals surface area (Å²) < 4.78 is 0. The van der Waals surface area contributed by atoms with Gasteiger partial charge in [0.2, 0.25) is 0 Å². The van der Waals surface area contributed by atoms with E-state index in [4.69, 9.17) is 0 Å². The van der Waals surface area contributed by atoms with Crippen LogP contribution in [0.4, 0.5) is 0 Å². The molecule has 1 aliphatic rings. The van der Waals surface area contributed by atoms with Crippen molar-refractivity contribution >= 4 is 5.91 Å². The minimum atomic E-state index is -0.458. The Bertz CT molecular complexity index is 482. The Morgan fingerprint density at radius 3 is 2.48 bits per heavy atom. The molecule has 2 N–H and O–H groups in total. The lowest BCUT2D eigenvalue weighted by Gasteiger charge is -2.32. The summed E-state index contributed by atoms with van der Waals surface area (Å²) >= 11 is 0. The first-order chi connectivity index (χ1) is 11.1. The Morgan fingerprint density at radius 2 is 1.87 bits per heavy atom. The van der Waals surface area contributed by atoms with Crippen molar-refractivity contribution in [3.63, 3.8) is 0 Å². The van der Waals surface area contributed by atoms with E-state index in [1.807, 2.05) is 31.2 Å². The van der Waals surface area contributed by atoms with Crippen LogP contribution in [0.15, 0.2) is 24.3 Å². The van der Waals surface area contributed by atoms with Crippen LogP contribution in [0.2, 0.25) is 0 Å². The fourth-order valence-corrected chi connectivity index (χ4v) is 2.77. The minimum absolute atomic E-state index is 0.119. The molecule has 1 unspecified atom stereocenters. The highest BCUT2D eigenvalue weighted by Gasteiger charge is 2.14. The number of amides is 1. The second-order valence-electron chi connectivity index (χ2n) is 6.43. The molecule has 128 valence electrons. The number of piperazine rings is 1. The van der Waals surface area contributed by atoms with Gasteiger partial charge in [0.15, 0.2) is 0 Å². The van der Waals surface area contributed by atoms with Gasteiger partial charge in [-0.25, -0.2) is 0 Å². The molecule has 1 heterocycles. The SMILES string of the molecule is CCCC(O)CNC(=O)c1ccc(CN2CCN(C)CC2)cc1. The zero-order valence-corrected chi connectivity index (χ0v) is 14.3. The number of carbonyl (C=O) groups excluding carboxylic acids is 1. The molecule has 2 rings (SSSR count). The third-order valence-corrected chi connectivity index (χ3v) is 4.34. The predicted octanol–water partition coefficient (Wildman–Crippen LogP) is 1.32. The Labute approximate surface area is 139 Å². The molecule has 23 heavy (non-hydrogen) atoms. The first kappa shape index (κ1) is 17.9. The summed E-state index contributed by atoms with van der Waals surface area (Å²) in [5.74, 6) is -0.119. The van der Waals surface area contributed by atoms with Crippen molar-refractivity contribution in [1.82, 2.24) is 15.1 Å². The molecule has 1 saturated heterocycles. The van der Waals surface area contributed by atoms with E-state index in [1.165, 1.54) is 5.56 Å². The molecular formula is C18H29N3O2. The van der Waals surface area contributed by atoms with E-state index in [2.05, 4.69) is 22.2 Å². The van der Waals surface area contributed by atoms with E-state index >= 15 is 0 Å². The number of carbonyl (C=O) groups is 1. The lowest BCUT2D eigenvalue weighted by atomic mass is 10.1. The van der Waals surface area contributed by atoms with Crippen LogP contribution >= 0.6 is 0 Å². The number of benzene rings is 1. The fraction of sp³-hybridized carbons (Fsp3) is 0.611. The van der Waals surface area contributed by atoms with Crippen molar-refractivity contribution in [2.75, 3.05) is 39.8 Å². The first-order valence-electron chi connectivity index (χ1n) is 8.54. The quantitative estimate of drug-likeness (QED) is 0.796. The van der Waals surface area contributed by atoms with Crippen LogP contribution in [0.25, 0.3) is 0 Å². The van der Waals surface area contributed by atoms with Crippen molar-refractivity contribution in [1.29, 1.82) is 0 Å². The van der Waals surface area contributed by atoms with Crippen LogP contribution in [-0.2, 0) is 6.54 Å². The van der Waals surface area contributed by atoms with E-state index in [0.717, 1.165) is 39.1 Å². The maximum Gasteiger partial charge on any atom is 0.251 e. The van der Waals surface area contributed by atoms with Crippen molar-refractivity contribution in [3.8, 4) is 0 Å². The molecule has 1 aliphatic heterocycles. The lowest BCUT2D eigenvalue weighted by molar-refractivity contribution is 0.0910. The Balaban J connectivity index is 1.80. The van der Waals surface area contributed by atoms with Crippen LogP contribution < -0.4 is 5.32 Å². The summed E-state index contributed by atoms with van der Waals surface area (Å²) in [7, 11) is 2.15. The molecule has 0 bridgehead atoms. The maximum atomic E-state index is 12.1. The molecule has 0 saturated carbocycles. The second-order valence-corrected chi connectivity index (χ2v) is 6.43. The van der Waals surface area contributed by atoms with Gasteiger partial charge in [-0.15, -0.1) is 0 Å². The molecule has 0 spiro atoms. The summed E-state index contributed by atoms with van der Waals surface area (Å²) in [5, 5.41) is 12.5. The van der Waals surface area contributed by atoms with Gasteiger partial charge in [0.05, 0.1) is 6.10 Å². The van der Waals surface area contributed by atoms with Crippen molar-refractivity contribution in [2.45, 2.75) is 32.4 Å². The van der Waals surface area contributed by atoms with E-state index in [0.29, 0.717) is 18.5 Å². The van der Waals surface area contributed by atoms with Crippen LogP contribution in [0.1, 0.15) is 35.7 Å². The molecule has 1 aromatic carbocycles. The molecule has 5 heteroatoms. The maximum absolute atomic E-state index is 12.1. The van der Waals surface area contributed by atoms with Crippen LogP contribution in [0.5, 0.6) is 0 Å². The highest BCUT2D eigenvalue weighted by atomic mass is 16.3. The lowest BCUT2D eigenvalue weighted by Crippen LogP contribution is -2.43. The highest BCUT2D eigenvalue weighted by Crippen LogP contribution is 2.10. The third kappa shape index (κ3) is 5.94. The zero-order chi connectivity index (χ0) is 16.7. The molecule has 0 radical (unpaired) electrons. The van der Waals surface area contributed by atoms with E-state index in [-0.39, 0.29) is 5.91 Å². The Hall–Kier alpha value is -1.43. The van der Waals surface area contributed by atoms with Gasteiger partial charge < -0.3 is 15.3 Å². The van der Waals surface area contributed by atoms with E-state index in [9.17, 15) is 9.90 Å². The number of hydrogen-bond donors (Lipinski definition) is 2. The molecule has 1 aromatic rings. The van der Waals surface area contributed by atoms with Crippen molar-refractivity contribution < 1.29 is 9.90 Å². The van der Waals surface area contributed by atoms with Gasteiger partial charge in [-0.05, 0) is 31.2 Å². The molecule has 1 atom stereocenters. The fourth-order valence-electron chi connectivity index (χ4n) is 2.77. The van der Waals surface area contributed by atoms with Crippen LogP contribution in [0, 0.1) is 0 Å². The number of hydrogen-bond acceptors (Lipinski definition) is 4. The van der Waals surface area contributed by atoms with Gasteiger partial charge in [0, 0.05) is 44.8 Å². The monoisotopic (exact) mass is 319 g/mol.